The van der Waals surface area contributed by atoms with E-state index in [1.165, 1.54) is 10.9 Å². The monoisotopic (exact) mass is 316 g/mol. The third kappa shape index (κ3) is 3.55. The van der Waals surface area contributed by atoms with Crippen LogP contribution in [0.4, 0.5) is 5.69 Å². The van der Waals surface area contributed by atoms with E-state index < -0.39 is 0 Å². The molecule has 1 aliphatic carbocycles. The van der Waals surface area contributed by atoms with Gasteiger partial charge in [-0.3, -0.25) is 4.79 Å². The smallest absolute Gasteiger partial charge is 0.287 e. The molecule has 0 amide bonds. The second-order valence-electron chi connectivity index (χ2n) is 4.96. The molecule has 0 saturated heterocycles. The van der Waals surface area contributed by atoms with Crippen LogP contribution in [0.25, 0.3) is 0 Å². The van der Waals surface area contributed by atoms with Gasteiger partial charge < -0.3 is 20.5 Å². The third-order valence-corrected chi connectivity index (χ3v) is 3.93. The van der Waals surface area contributed by atoms with Crippen LogP contribution in [0, 0.1) is 0 Å². The number of rotatable bonds is 7. The van der Waals surface area contributed by atoms with Gasteiger partial charge in [-0.05, 0) is 13.3 Å². The van der Waals surface area contributed by atoms with E-state index in [2.05, 4.69) is 10.4 Å². The topological polar surface area (TPSA) is 91.4 Å². The van der Waals surface area contributed by atoms with Crippen molar-refractivity contribution in [1.29, 1.82) is 0 Å². The minimum Gasteiger partial charge on any atom is -0.383 e. The van der Waals surface area contributed by atoms with Crippen molar-refractivity contribution in [2.75, 3.05) is 25.6 Å². The number of hydrogen-bond donors (Lipinski definition) is 2. The summed E-state index contributed by atoms with van der Waals surface area (Å²) >= 11 is 6.12. The van der Waals surface area contributed by atoms with Crippen molar-refractivity contribution in [3.05, 3.63) is 21.6 Å². The van der Waals surface area contributed by atoms with Gasteiger partial charge >= 0.3 is 0 Å². The molecule has 7 nitrogen and oxygen atoms in total. The SMILES string of the molecule is CCOC1CC(N)C1Nc1cnn(CCOC)c(=O)c1Cl. The summed E-state index contributed by atoms with van der Waals surface area (Å²) < 4.78 is 11.8. The molecule has 3 atom stereocenters. The van der Waals surface area contributed by atoms with Crippen LogP contribution in [0.3, 0.4) is 0 Å². The summed E-state index contributed by atoms with van der Waals surface area (Å²) in [5.74, 6) is 0. The number of aromatic nitrogens is 2. The number of nitrogens with zero attached hydrogens (tertiary/aromatic N) is 2. The molecule has 21 heavy (non-hydrogen) atoms. The molecule has 1 aliphatic rings. The lowest BCUT2D eigenvalue weighted by Crippen LogP contribution is -2.60. The van der Waals surface area contributed by atoms with Crippen LogP contribution < -0.4 is 16.6 Å². The highest BCUT2D eigenvalue weighted by molar-refractivity contribution is 6.32. The molecular formula is C13H21ClN4O3. The van der Waals surface area contributed by atoms with Crippen LogP contribution in [0.5, 0.6) is 0 Å². The van der Waals surface area contributed by atoms with Gasteiger partial charge in [-0.2, -0.15) is 5.10 Å². The van der Waals surface area contributed by atoms with Crippen molar-refractivity contribution in [2.24, 2.45) is 5.73 Å². The Balaban J connectivity index is 2.10. The van der Waals surface area contributed by atoms with Gasteiger partial charge in [0.25, 0.3) is 5.56 Å². The van der Waals surface area contributed by atoms with E-state index in [4.69, 9.17) is 26.8 Å². The highest BCUT2D eigenvalue weighted by Gasteiger charge is 2.39. The minimum absolute atomic E-state index is 0.0199. The summed E-state index contributed by atoms with van der Waals surface area (Å²) in [5.41, 5.74) is 6.11. The van der Waals surface area contributed by atoms with E-state index >= 15 is 0 Å². The summed E-state index contributed by atoms with van der Waals surface area (Å²) in [7, 11) is 1.56. The second-order valence-corrected chi connectivity index (χ2v) is 5.33. The standard InChI is InChI=1S/C13H21ClN4O3/c1-3-21-10-6-8(15)12(10)17-9-7-16-18(4-5-20-2)13(19)11(9)14/h7-8,10,12,17H,3-6,15H2,1-2H3. The molecule has 0 spiro atoms. The molecule has 0 bridgehead atoms. The molecule has 1 fully saturated rings. The number of methoxy groups -OCH3 is 1. The van der Waals surface area contributed by atoms with Crippen molar-refractivity contribution in [2.45, 2.75) is 38.1 Å². The lowest BCUT2D eigenvalue weighted by Gasteiger charge is -2.43. The first-order valence-corrected chi connectivity index (χ1v) is 7.34. The molecule has 1 saturated carbocycles. The Bertz CT molecular complexity index is 535. The van der Waals surface area contributed by atoms with Crippen molar-refractivity contribution < 1.29 is 9.47 Å². The average molecular weight is 317 g/mol. The second kappa shape index (κ2) is 7.22. The molecular weight excluding hydrogens is 296 g/mol. The molecule has 0 aromatic carbocycles. The van der Waals surface area contributed by atoms with Crippen LogP contribution in [0.15, 0.2) is 11.0 Å². The molecule has 0 radical (unpaired) electrons. The van der Waals surface area contributed by atoms with Crippen LogP contribution in [-0.2, 0) is 16.0 Å². The van der Waals surface area contributed by atoms with Crippen molar-refractivity contribution in [3.8, 4) is 0 Å². The molecule has 3 unspecified atom stereocenters. The van der Waals surface area contributed by atoms with Crippen molar-refractivity contribution in [3.63, 3.8) is 0 Å². The number of halogens is 1. The molecule has 2 rings (SSSR count). The molecule has 8 heteroatoms. The van der Waals surface area contributed by atoms with Crippen LogP contribution in [0.2, 0.25) is 5.02 Å². The fraction of sp³-hybridized carbons (Fsp3) is 0.692. The van der Waals surface area contributed by atoms with Crippen molar-refractivity contribution in [1.82, 2.24) is 9.78 Å². The first kappa shape index (κ1) is 16.2. The number of nitrogens with two attached hydrogens (primary N) is 1. The first-order valence-electron chi connectivity index (χ1n) is 6.96. The fourth-order valence-corrected chi connectivity index (χ4v) is 2.51. The highest BCUT2D eigenvalue weighted by atomic mass is 35.5. The largest absolute Gasteiger partial charge is 0.383 e. The zero-order valence-corrected chi connectivity index (χ0v) is 13.0. The van der Waals surface area contributed by atoms with E-state index in [0.717, 1.165) is 6.42 Å². The van der Waals surface area contributed by atoms with E-state index in [1.54, 1.807) is 7.11 Å². The number of hydrogen-bond acceptors (Lipinski definition) is 6. The molecule has 118 valence electrons. The molecule has 3 N–H and O–H groups in total. The Kier molecular flexibility index (Phi) is 5.58. The zero-order chi connectivity index (χ0) is 15.4. The van der Waals surface area contributed by atoms with Crippen LogP contribution in [-0.4, -0.2) is 48.3 Å². The summed E-state index contributed by atoms with van der Waals surface area (Å²) in [5, 5.41) is 7.35. The minimum atomic E-state index is -0.348. The highest BCUT2D eigenvalue weighted by Crippen LogP contribution is 2.27. The quantitative estimate of drug-likeness (QED) is 0.759. The number of ether oxygens (including phenoxy) is 2. The molecule has 0 aliphatic heterocycles. The lowest BCUT2D eigenvalue weighted by molar-refractivity contribution is -0.0126. The summed E-state index contributed by atoms with van der Waals surface area (Å²) in [4.78, 5) is 12.1. The predicted molar refractivity (Wildman–Crippen MR) is 80.8 cm³/mol. The Morgan fingerprint density at radius 2 is 2.38 bits per heavy atom. The van der Waals surface area contributed by atoms with Crippen LogP contribution >= 0.6 is 11.6 Å². The van der Waals surface area contributed by atoms with Gasteiger partial charge in [-0.1, -0.05) is 11.6 Å². The van der Waals surface area contributed by atoms with Gasteiger partial charge in [0, 0.05) is 19.8 Å². The summed E-state index contributed by atoms with van der Waals surface area (Å²) in [6.45, 7) is 3.32. The van der Waals surface area contributed by atoms with E-state index in [1.807, 2.05) is 6.92 Å². The first-order chi connectivity index (χ1) is 10.1. The normalized spacial score (nSPS) is 24.7. The number of anilines is 1. The van der Waals surface area contributed by atoms with Gasteiger partial charge in [0.2, 0.25) is 0 Å². The Morgan fingerprint density at radius 1 is 1.62 bits per heavy atom. The van der Waals surface area contributed by atoms with Crippen molar-refractivity contribution >= 4 is 17.3 Å². The molecule has 1 aromatic rings. The van der Waals surface area contributed by atoms with E-state index in [0.29, 0.717) is 25.4 Å². The maximum Gasteiger partial charge on any atom is 0.287 e. The number of nitrogens with one attached hydrogen (secondary N) is 1. The van der Waals surface area contributed by atoms with E-state index in [-0.39, 0.29) is 28.8 Å². The summed E-state index contributed by atoms with van der Waals surface area (Å²) in [6.07, 6.45) is 2.37. The predicted octanol–water partition coefficient (Wildman–Crippen LogP) is 0.460. The van der Waals surface area contributed by atoms with E-state index in [9.17, 15) is 4.79 Å². The van der Waals surface area contributed by atoms with Gasteiger partial charge in [0.05, 0.1) is 37.2 Å². The Labute approximate surface area is 128 Å². The van der Waals surface area contributed by atoms with Gasteiger partial charge in [0.15, 0.2) is 0 Å². The zero-order valence-electron chi connectivity index (χ0n) is 12.2. The summed E-state index contributed by atoms with van der Waals surface area (Å²) in [6, 6.07) is -0.0768. The maximum atomic E-state index is 12.1. The van der Waals surface area contributed by atoms with Crippen LogP contribution in [0.1, 0.15) is 13.3 Å². The lowest BCUT2D eigenvalue weighted by atomic mass is 9.83. The Morgan fingerprint density at radius 3 is 3.00 bits per heavy atom. The van der Waals surface area contributed by atoms with Gasteiger partial charge in [-0.25, -0.2) is 4.68 Å². The fourth-order valence-electron chi connectivity index (χ4n) is 2.31. The molecule has 1 aromatic heterocycles. The Hall–Kier alpha value is -1.15. The average Bonchev–Trinajstić information content (AvgIpc) is 2.47. The molecule has 1 heterocycles. The van der Waals surface area contributed by atoms with Gasteiger partial charge in [0.1, 0.15) is 5.02 Å². The van der Waals surface area contributed by atoms with Gasteiger partial charge in [-0.15, -0.1) is 0 Å². The maximum absolute atomic E-state index is 12.1. The third-order valence-electron chi connectivity index (χ3n) is 3.56.